The number of rotatable bonds is 11. The normalized spacial score (nSPS) is 17.1. The molecule has 1 saturated heterocycles. The third-order valence-electron chi connectivity index (χ3n) is 6.39. The van der Waals surface area contributed by atoms with Crippen LogP contribution < -0.4 is 10.6 Å². The van der Waals surface area contributed by atoms with Crippen LogP contribution in [0.3, 0.4) is 0 Å². The number of carbonyl (C=O) groups excluding carboxylic acids is 1. The maximum Gasteiger partial charge on any atom is 0.407 e. The highest BCUT2D eigenvalue weighted by molar-refractivity contribution is 7.99. The lowest BCUT2D eigenvalue weighted by molar-refractivity contribution is -0.160. The average molecular weight is 590 g/mol. The van der Waals surface area contributed by atoms with E-state index in [-0.39, 0.29) is 25.7 Å². The molecule has 1 fully saturated rings. The topological polar surface area (TPSA) is 99.1 Å². The van der Waals surface area contributed by atoms with Gasteiger partial charge in [-0.2, -0.15) is 30.2 Å². The maximum absolute atomic E-state index is 14.1. The second-order valence-electron chi connectivity index (χ2n) is 9.39. The van der Waals surface area contributed by atoms with Crippen LogP contribution in [0.1, 0.15) is 36.4 Å². The molecule has 2 aromatic carbocycles. The number of aryl methyl sites for hydroxylation is 1. The Kier molecular flexibility index (Phi) is 10.4. The molecule has 0 bridgehead atoms. The molecule has 212 valence electrons. The van der Waals surface area contributed by atoms with Gasteiger partial charge in [-0.1, -0.05) is 24.3 Å². The molecule has 2 N–H and O–H groups in total. The van der Waals surface area contributed by atoms with Crippen molar-refractivity contribution in [3.8, 4) is 6.07 Å². The third kappa shape index (κ3) is 9.19. The molecule has 13 heteroatoms. The van der Waals surface area contributed by atoms with E-state index >= 15 is 0 Å². The van der Waals surface area contributed by atoms with Crippen molar-refractivity contribution in [3.63, 3.8) is 0 Å². The summed E-state index contributed by atoms with van der Waals surface area (Å²) in [7, 11) is -4.06. The fourth-order valence-electron chi connectivity index (χ4n) is 4.23. The van der Waals surface area contributed by atoms with Gasteiger partial charge in [0.25, 0.3) is 0 Å². The standard InChI is InChI=1S/C26H28F5N3O3S2/c27-20-7-3-18(4-8-20)2-1-15-39(36,37)16-22(24(35)34-25(17-32)11-13-38-14-12-25)33-23(26(29,30)31)19-5-9-21(28)10-6-19/h3-10,22-23,33H,1-2,11-16H2,(H,34,35)/t22-,23-/m0/s1. The van der Waals surface area contributed by atoms with Gasteiger partial charge < -0.3 is 5.32 Å². The molecule has 0 aromatic heterocycles. The Morgan fingerprint density at radius 2 is 1.59 bits per heavy atom. The van der Waals surface area contributed by atoms with Crippen LogP contribution in [-0.2, 0) is 21.1 Å². The van der Waals surface area contributed by atoms with E-state index in [4.69, 9.17) is 0 Å². The van der Waals surface area contributed by atoms with E-state index in [9.17, 15) is 40.4 Å². The van der Waals surface area contributed by atoms with Crippen molar-refractivity contribution in [2.75, 3.05) is 23.0 Å². The first-order valence-corrected chi connectivity index (χ1v) is 15.1. The van der Waals surface area contributed by atoms with E-state index in [0.717, 1.165) is 24.3 Å². The number of alkyl halides is 3. The van der Waals surface area contributed by atoms with Gasteiger partial charge in [-0.25, -0.2) is 17.2 Å². The van der Waals surface area contributed by atoms with Gasteiger partial charge in [-0.3, -0.25) is 10.1 Å². The third-order valence-corrected chi connectivity index (χ3v) is 9.13. The predicted octanol–water partition coefficient (Wildman–Crippen LogP) is 4.48. The molecule has 6 nitrogen and oxygen atoms in total. The lowest BCUT2D eigenvalue weighted by atomic mass is 9.93. The van der Waals surface area contributed by atoms with E-state index in [0.29, 0.717) is 17.1 Å². The SMILES string of the molecule is N#CC1(NC(=O)[C@H](CS(=O)(=O)CCCc2ccc(F)cc2)N[C@@H](c2ccc(F)cc2)C(F)(F)F)CCSCC1. The number of thioether (sulfide) groups is 1. The lowest BCUT2D eigenvalue weighted by Crippen LogP contribution is -2.58. The van der Waals surface area contributed by atoms with Crippen LogP contribution in [0.4, 0.5) is 22.0 Å². The summed E-state index contributed by atoms with van der Waals surface area (Å²) in [6, 6.07) is 6.65. The number of benzene rings is 2. The summed E-state index contributed by atoms with van der Waals surface area (Å²) in [5.41, 5.74) is -1.05. The first kappa shape index (κ1) is 30.8. The van der Waals surface area contributed by atoms with Gasteiger partial charge in [0.2, 0.25) is 5.91 Å². The molecule has 1 aliphatic rings. The quantitative estimate of drug-likeness (QED) is 0.375. The smallest absolute Gasteiger partial charge is 0.336 e. The Labute approximate surface area is 228 Å². The summed E-state index contributed by atoms with van der Waals surface area (Å²) >= 11 is 1.56. The minimum absolute atomic E-state index is 0.0995. The molecule has 2 aromatic rings. The van der Waals surface area contributed by atoms with Gasteiger partial charge in [0.1, 0.15) is 29.3 Å². The minimum atomic E-state index is -4.95. The zero-order chi connectivity index (χ0) is 28.7. The second kappa shape index (κ2) is 13.1. The number of hydrogen-bond donors (Lipinski definition) is 2. The zero-order valence-corrected chi connectivity index (χ0v) is 22.4. The van der Waals surface area contributed by atoms with Crippen molar-refractivity contribution in [1.29, 1.82) is 5.26 Å². The number of hydrogen-bond acceptors (Lipinski definition) is 6. The Hall–Kier alpha value is -2.69. The molecule has 1 heterocycles. The summed E-state index contributed by atoms with van der Waals surface area (Å²) < 4.78 is 94.6. The fraction of sp³-hybridized carbons (Fsp3) is 0.462. The van der Waals surface area contributed by atoms with E-state index in [1.165, 1.54) is 24.3 Å². The Balaban J connectivity index is 1.82. The van der Waals surface area contributed by atoms with Crippen molar-refractivity contribution >= 4 is 27.5 Å². The highest BCUT2D eigenvalue weighted by atomic mass is 32.2. The van der Waals surface area contributed by atoms with Gasteiger partial charge in [0.15, 0.2) is 9.84 Å². The van der Waals surface area contributed by atoms with Crippen molar-refractivity contribution in [3.05, 3.63) is 71.3 Å². The van der Waals surface area contributed by atoms with Crippen LogP contribution in [-0.4, -0.2) is 55.1 Å². The average Bonchev–Trinajstić information content (AvgIpc) is 2.88. The number of nitrogens with one attached hydrogen (secondary N) is 2. The number of nitriles is 1. The van der Waals surface area contributed by atoms with E-state index in [2.05, 4.69) is 10.6 Å². The van der Waals surface area contributed by atoms with Crippen LogP contribution >= 0.6 is 11.8 Å². The van der Waals surface area contributed by atoms with Gasteiger partial charge in [0, 0.05) is 0 Å². The molecule has 0 radical (unpaired) electrons. The predicted molar refractivity (Wildman–Crippen MR) is 139 cm³/mol. The highest BCUT2D eigenvalue weighted by Crippen LogP contribution is 2.34. The number of halogens is 5. The minimum Gasteiger partial charge on any atom is -0.336 e. The van der Waals surface area contributed by atoms with Gasteiger partial charge in [0.05, 0.1) is 17.6 Å². The molecule has 2 atom stereocenters. The van der Waals surface area contributed by atoms with Gasteiger partial charge >= 0.3 is 6.18 Å². The lowest BCUT2D eigenvalue weighted by Gasteiger charge is -2.34. The van der Waals surface area contributed by atoms with Gasteiger partial charge in [-0.15, -0.1) is 0 Å². The van der Waals surface area contributed by atoms with Crippen molar-refractivity contribution in [1.82, 2.24) is 10.6 Å². The van der Waals surface area contributed by atoms with Crippen LogP contribution in [0.5, 0.6) is 0 Å². The first-order chi connectivity index (χ1) is 18.3. The largest absolute Gasteiger partial charge is 0.407 e. The van der Waals surface area contributed by atoms with E-state index in [1.54, 1.807) is 11.8 Å². The Bertz CT molecular complexity index is 1260. The molecule has 0 saturated carbocycles. The maximum atomic E-state index is 14.1. The summed E-state index contributed by atoms with van der Waals surface area (Å²) in [5.74, 6) is -2.53. The van der Waals surface area contributed by atoms with Crippen LogP contribution in [0, 0.1) is 23.0 Å². The molecule has 1 amide bonds. The van der Waals surface area contributed by atoms with Crippen molar-refractivity contribution < 1.29 is 35.2 Å². The van der Waals surface area contributed by atoms with E-state index < -0.39 is 68.2 Å². The summed E-state index contributed by atoms with van der Waals surface area (Å²) in [5, 5.41) is 14.4. The number of sulfone groups is 1. The molecular formula is C26H28F5N3O3S2. The van der Waals surface area contributed by atoms with Crippen LogP contribution in [0.15, 0.2) is 48.5 Å². The fourth-order valence-corrected chi connectivity index (χ4v) is 6.92. The van der Waals surface area contributed by atoms with E-state index in [1.807, 2.05) is 6.07 Å². The summed E-state index contributed by atoms with van der Waals surface area (Å²) in [6.07, 6.45) is -4.05. The van der Waals surface area contributed by atoms with Crippen LogP contribution in [0.25, 0.3) is 0 Å². The number of carbonyl (C=O) groups is 1. The second-order valence-corrected chi connectivity index (χ2v) is 12.8. The zero-order valence-electron chi connectivity index (χ0n) is 20.8. The molecule has 1 aliphatic heterocycles. The summed E-state index contributed by atoms with van der Waals surface area (Å²) in [4.78, 5) is 13.3. The highest BCUT2D eigenvalue weighted by Gasteiger charge is 2.45. The Morgan fingerprint density at radius 1 is 1.03 bits per heavy atom. The van der Waals surface area contributed by atoms with Crippen molar-refractivity contribution in [2.24, 2.45) is 0 Å². The molecule has 0 unspecified atom stereocenters. The van der Waals surface area contributed by atoms with Crippen LogP contribution in [0.2, 0.25) is 0 Å². The number of amides is 1. The first-order valence-electron chi connectivity index (χ1n) is 12.2. The Morgan fingerprint density at radius 3 is 2.13 bits per heavy atom. The monoisotopic (exact) mass is 589 g/mol. The molecule has 3 rings (SSSR count). The van der Waals surface area contributed by atoms with Gasteiger partial charge in [-0.05, 0) is 72.6 Å². The van der Waals surface area contributed by atoms with Crippen molar-refractivity contribution in [2.45, 2.75) is 49.5 Å². The molecule has 0 aliphatic carbocycles. The summed E-state index contributed by atoms with van der Waals surface area (Å²) in [6.45, 7) is 0. The molecule has 0 spiro atoms. The molecular weight excluding hydrogens is 561 g/mol. The number of nitrogens with zero attached hydrogens (tertiary/aromatic N) is 1. The molecule has 39 heavy (non-hydrogen) atoms.